The second-order valence-corrected chi connectivity index (χ2v) is 3.88. The minimum Gasteiger partial charge on any atom is -0.293 e. The van der Waals surface area contributed by atoms with Crippen LogP contribution in [0.3, 0.4) is 0 Å². The molecule has 1 rings (SSSR count). The minimum atomic E-state index is -3.16. The van der Waals surface area contributed by atoms with Gasteiger partial charge < -0.3 is 0 Å². The standard InChI is InChI=1S/C5H6O3S/c1-4-2-9(7,8)3-5(4)6/h2H,3H2,1H3. The van der Waals surface area contributed by atoms with E-state index in [-0.39, 0.29) is 11.5 Å². The van der Waals surface area contributed by atoms with Crippen molar-refractivity contribution in [3.63, 3.8) is 0 Å². The van der Waals surface area contributed by atoms with Crippen molar-refractivity contribution in [3.8, 4) is 0 Å². The number of hydrogen-bond donors (Lipinski definition) is 0. The first kappa shape index (κ1) is 6.48. The van der Waals surface area contributed by atoms with E-state index in [4.69, 9.17) is 0 Å². The van der Waals surface area contributed by atoms with E-state index in [1.54, 1.807) is 0 Å². The van der Waals surface area contributed by atoms with Gasteiger partial charge in [-0.25, -0.2) is 8.42 Å². The molecular weight excluding hydrogens is 140 g/mol. The number of rotatable bonds is 0. The first-order valence-electron chi connectivity index (χ1n) is 2.45. The lowest BCUT2D eigenvalue weighted by Gasteiger charge is -1.81. The summed E-state index contributed by atoms with van der Waals surface area (Å²) in [5, 5.41) is 1.02. The zero-order valence-electron chi connectivity index (χ0n) is 4.92. The molecule has 1 heterocycles. The van der Waals surface area contributed by atoms with Crippen molar-refractivity contribution < 1.29 is 13.2 Å². The van der Waals surface area contributed by atoms with Crippen molar-refractivity contribution in [3.05, 3.63) is 11.0 Å². The Kier molecular flexibility index (Phi) is 1.20. The van der Waals surface area contributed by atoms with Gasteiger partial charge in [0, 0.05) is 11.0 Å². The van der Waals surface area contributed by atoms with Crippen LogP contribution in [0.5, 0.6) is 0 Å². The molecule has 0 aromatic carbocycles. The molecule has 0 bridgehead atoms. The van der Waals surface area contributed by atoms with Crippen LogP contribution >= 0.6 is 0 Å². The second-order valence-electron chi connectivity index (χ2n) is 2.03. The summed E-state index contributed by atoms with van der Waals surface area (Å²) in [7, 11) is -3.16. The summed E-state index contributed by atoms with van der Waals surface area (Å²) in [5.41, 5.74) is 0.343. The highest BCUT2D eigenvalue weighted by Gasteiger charge is 2.23. The molecule has 1 aliphatic rings. The van der Waals surface area contributed by atoms with Crippen LogP contribution in [-0.2, 0) is 14.6 Å². The average Bonchev–Trinajstić information content (AvgIpc) is 1.79. The van der Waals surface area contributed by atoms with Gasteiger partial charge in [-0.05, 0) is 6.92 Å². The van der Waals surface area contributed by atoms with Crippen LogP contribution in [0, 0.1) is 0 Å². The van der Waals surface area contributed by atoms with Crippen LogP contribution in [0.25, 0.3) is 0 Å². The Morgan fingerprint density at radius 1 is 1.56 bits per heavy atom. The first-order chi connectivity index (χ1) is 4.01. The van der Waals surface area contributed by atoms with E-state index in [2.05, 4.69) is 0 Å². The largest absolute Gasteiger partial charge is 0.293 e. The fourth-order valence-corrected chi connectivity index (χ4v) is 2.02. The number of carbonyl (C=O) groups is 1. The fraction of sp³-hybridized carbons (Fsp3) is 0.400. The van der Waals surface area contributed by atoms with Gasteiger partial charge in [-0.15, -0.1) is 0 Å². The van der Waals surface area contributed by atoms with Gasteiger partial charge in [0.2, 0.25) is 0 Å². The van der Waals surface area contributed by atoms with Crippen molar-refractivity contribution in [2.24, 2.45) is 0 Å². The Labute approximate surface area is 53.3 Å². The zero-order valence-corrected chi connectivity index (χ0v) is 5.73. The summed E-state index contributed by atoms with van der Waals surface area (Å²) in [6, 6.07) is 0. The molecule has 3 nitrogen and oxygen atoms in total. The van der Waals surface area contributed by atoms with Crippen LogP contribution in [0.4, 0.5) is 0 Å². The van der Waals surface area contributed by atoms with Crippen LogP contribution in [-0.4, -0.2) is 20.0 Å². The maximum absolute atomic E-state index is 10.6. The summed E-state index contributed by atoms with van der Waals surface area (Å²) in [4.78, 5) is 10.5. The van der Waals surface area contributed by atoms with Crippen molar-refractivity contribution in [2.45, 2.75) is 6.92 Å². The molecule has 0 unspecified atom stereocenters. The van der Waals surface area contributed by atoms with Crippen molar-refractivity contribution in [1.29, 1.82) is 0 Å². The molecule has 4 heteroatoms. The van der Waals surface area contributed by atoms with E-state index in [0.29, 0.717) is 5.57 Å². The Balaban J connectivity index is 3.15. The van der Waals surface area contributed by atoms with Crippen molar-refractivity contribution >= 4 is 15.6 Å². The monoisotopic (exact) mass is 146 g/mol. The third kappa shape index (κ3) is 1.18. The van der Waals surface area contributed by atoms with Gasteiger partial charge in [0.05, 0.1) is 0 Å². The third-order valence-corrected chi connectivity index (χ3v) is 2.51. The number of hydrogen-bond acceptors (Lipinski definition) is 3. The molecule has 0 fully saturated rings. The number of carbonyl (C=O) groups excluding carboxylic acids is 1. The van der Waals surface area contributed by atoms with Gasteiger partial charge in [-0.2, -0.15) is 0 Å². The van der Waals surface area contributed by atoms with Gasteiger partial charge in [-0.1, -0.05) is 0 Å². The summed E-state index contributed by atoms with van der Waals surface area (Å²) >= 11 is 0. The molecule has 0 aromatic heterocycles. The average molecular weight is 146 g/mol. The van der Waals surface area contributed by atoms with Crippen molar-refractivity contribution in [1.82, 2.24) is 0 Å². The van der Waals surface area contributed by atoms with Gasteiger partial charge in [-0.3, -0.25) is 4.79 Å². The Morgan fingerprint density at radius 2 is 2.11 bits per heavy atom. The van der Waals surface area contributed by atoms with Crippen LogP contribution in [0.15, 0.2) is 11.0 Å². The van der Waals surface area contributed by atoms with E-state index in [0.717, 1.165) is 5.41 Å². The Hall–Kier alpha value is -0.640. The molecule has 0 spiro atoms. The number of allylic oxidation sites excluding steroid dienone is 1. The highest BCUT2D eigenvalue weighted by Crippen LogP contribution is 2.10. The summed E-state index contributed by atoms with van der Waals surface area (Å²) < 4.78 is 21.1. The van der Waals surface area contributed by atoms with Gasteiger partial charge >= 0.3 is 0 Å². The van der Waals surface area contributed by atoms with Gasteiger partial charge in [0.25, 0.3) is 0 Å². The van der Waals surface area contributed by atoms with Crippen LogP contribution in [0.2, 0.25) is 0 Å². The number of Topliss-reactive ketones (excluding diaryl/α,β-unsaturated/α-hetero) is 1. The highest BCUT2D eigenvalue weighted by molar-refractivity contribution is 7.95. The Bertz CT molecular complexity index is 271. The predicted molar refractivity (Wildman–Crippen MR) is 32.6 cm³/mol. The molecule has 0 radical (unpaired) electrons. The number of sulfone groups is 1. The molecule has 9 heavy (non-hydrogen) atoms. The molecule has 0 aromatic rings. The summed E-state index contributed by atoms with van der Waals surface area (Å²) in [5.74, 6) is -0.617. The van der Waals surface area contributed by atoms with Gasteiger partial charge in [0.15, 0.2) is 15.6 Å². The van der Waals surface area contributed by atoms with Crippen LogP contribution < -0.4 is 0 Å². The smallest absolute Gasteiger partial charge is 0.179 e. The molecule has 0 amide bonds. The molecule has 50 valence electrons. The molecule has 0 aliphatic carbocycles. The van der Waals surface area contributed by atoms with E-state index in [1.165, 1.54) is 6.92 Å². The quantitative estimate of drug-likeness (QED) is 0.479. The molecule has 1 aliphatic heterocycles. The molecule has 0 saturated heterocycles. The zero-order chi connectivity index (χ0) is 7.07. The van der Waals surface area contributed by atoms with Crippen LogP contribution in [0.1, 0.15) is 6.92 Å². The lowest BCUT2D eigenvalue weighted by atomic mass is 10.3. The van der Waals surface area contributed by atoms with Crippen molar-refractivity contribution in [2.75, 3.05) is 5.75 Å². The summed E-state index contributed by atoms with van der Waals surface area (Å²) in [6.07, 6.45) is 0. The third-order valence-electron chi connectivity index (χ3n) is 1.13. The molecule has 0 N–H and O–H groups in total. The van der Waals surface area contributed by atoms with E-state index in [1.807, 2.05) is 0 Å². The molecule has 0 atom stereocenters. The van der Waals surface area contributed by atoms with E-state index >= 15 is 0 Å². The maximum Gasteiger partial charge on any atom is 0.179 e. The lowest BCUT2D eigenvalue weighted by molar-refractivity contribution is -0.113. The normalized spacial score (nSPS) is 24.1. The first-order valence-corrected chi connectivity index (χ1v) is 4.17. The number of ketones is 1. The lowest BCUT2D eigenvalue weighted by Crippen LogP contribution is -2.04. The molecule has 0 saturated carbocycles. The topological polar surface area (TPSA) is 51.2 Å². The predicted octanol–water partition coefficient (Wildman–Crippen LogP) is -0.112. The Morgan fingerprint density at radius 3 is 2.22 bits per heavy atom. The SMILES string of the molecule is CC1=CS(=O)(=O)CC1=O. The maximum atomic E-state index is 10.6. The summed E-state index contributed by atoms with van der Waals surface area (Å²) in [6.45, 7) is 1.51. The van der Waals surface area contributed by atoms with E-state index in [9.17, 15) is 13.2 Å². The van der Waals surface area contributed by atoms with Gasteiger partial charge in [0.1, 0.15) is 5.75 Å². The highest BCUT2D eigenvalue weighted by atomic mass is 32.2. The molecular formula is C5H6O3S. The fourth-order valence-electron chi connectivity index (χ4n) is 0.673. The second kappa shape index (κ2) is 1.67. The van der Waals surface area contributed by atoms with E-state index < -0.39 is 9.84 Å². The minimum absolute atomic E-state index is 0.282.